The number of H-pyrrole nitrogens is 1. The van der Waals surface area contributed by atoms with E-state index in [1.807, 2.05) is 25.1 Å². The summed E-state index contributed by atoms with van der Waals surface area (Å²) in [7, 11) is 0. The first-order valence-electron chi connectivity index (χ1n) is 13.6. The zero-order valence-electron chi connectivity index (χ0n) is 22.8. The third kappa shape index (κ3) is 11.4. The van der Waals surface area contributed by atoms with Crippen molar-refractivity contribution >= 4 is 28.8 Å². The number of hydrogen-bond acceptors (Lipinski definition) is 6. The standard InChI is InChI=1S/C30H41N5O4/c1-2-15-33-34-30(37)12-11-24-7-9-25(10-8-24)23-35(17-19-39-21-20-38-18-14-29(31)36)16-13-26-22-32-28-6-4-3-5-27(26)28/h3-12,22,32-33H,2,13-21,23H2,1H3,(H2,31,36)(H,34,37)/b12-11+. The van der Waals surface area contributed by atoms with Crippen LogP contribution < -0.4 is 16.6 Å². The van der Waals surface area contributed by atoms with Gasteiger partial charge in [-0.05, 0) is 41.7 Å². The molecule has 0 aliphatic carbocycles. The maximum atomic E-state index is 11.9. The second-order valence-electron chi connectivity index (χ2n) is 9.32. The molecule has 0 aliphatic rings. The van der Waals surface area contributed by atoms with Crippen LogP contribution in [0.25, 0.3) is 17.0 Å². The fourth-order valence-corrected chi connectivity index (χ4v) is 4.06. The molecule has 2 aromatic carbocycles. The van der Waals surface area contributed by atoms with Crippen LogP contribution in [0.4, 0.5) is 0 Å². The number of nitrogens with zero attached hydrogens (tertiary/aromatic N) is 1. The first-order valence-corrected chi connectivity index (χ1v) is 13.6. The molecule has 3 aromatic rings. The minimum Gasteiger partial charge on any atom is -0.379 e. The van der Waals surface area contributed by atoms with Crippen molar-refractivity contribution in [3.63, 3.8) is 0 Å². The maximum absolute atomic E-state index is 11.9. The van der Waals surface area contributed by atoms with Gasteiger partial charge < -0.3 is 20.2 Å². The van der Waals surface area contributed by atoms with E-state index in [2.05, 4.69) is 57.3 Å². The minimum atomic E-state index is -0.365. The number of primary amides is 1. The number of fused-ring (bicyclic) bond motifs is 1. The molecule has 0 radical (unpaired) electrons. The summed E-state index contributed by atoms with van der Waals surface area (Å²) in [5, 5.41) is 1.26. The number of nitrogens with one attached hydrogen (secondary N) is 3. The van der Waals surface area contributed by atoms with Crippen molar-refractivity contribution < 1.29 is 19.1 Å². The van der Waals surface area contributed by atoms with Gasteiger partial charge in [0, 0.05) is 55.8 Å². The van der Waals surface area contributed by atoms with E-state index in [1.165, 1.54) is 22.6 Å². The zero-order valence-corrected chi connectivity index (χ0v) is 22.8. The van der Waals surface area contributed by atoms with Gasteiger partial charge in [-0.3, -0.25) is 19.9 Å². The summed E-state index contributed by atoms with van der Waals surface area (Å²) in [5.41, 5.74) is 15.3. The lowest BCUT2D eigenvalue weighted by molar-refractivity contribution is -0.119. The molecule has 0 atom stereocenters. The van der Waals surface area contributed by atoms with E-state index in [0.717, 1.165) is 50.1 Å². The van der Waals surface area contributed by atoms with Gasteiger partial charge in [-0.25, -0.2) is 5.43 Å². The Morgan fingerprint density at radius 1 is 1.00 bits per heavy atom. The van der Waals surface area contributed by atoms with Crippen LogP contribution in [0.15, 0.2) is 60.8 Å². The summed E-state index contributed by atoms with van der Waals surface area (Å²) in [6.45, 7) is 7.02. The van der Waals surface area contributed by atoms with Crippen molar-refractivity contribution in [2.45, 2.75) is 32.7 Å². The summed E-state index contributed by atoms with van der Waals surface area (Å²) >= 11 is 0. The number of benzene rings is 2. The number of ether oxygens (including phenoxy) is 2. The smallest absolute Gasteiger partial charge is 0.258 e. The quantitative estimate of drug-likeness (QED) is 0.106. The first kappa shape index (κ1) is 30.0. The Balaban J connectivity index is 1.52. The third-order valence-electron chi connectivity index (χ3n) is 6.19. The molecule has 3 rings (SSSR count). The summed E-state index contributed by atoms with van der Waals surface area (Å²) in [5.74, 6) is -0.537. The Bertz CT molecular complexity index is 1180. The van der Waals surface area contributed by atoms with Gasteiger partial charge in [0.25, 0.3) is 5.91 Å². The topological polar surface area (TPSA) is 122 Å². The van der Waals surface area contributed by atoms with Gasteiger partial charge in [-0.15, -0.1) is 0 Å². The molecular formula is C30H41N5O4. The molecule has 5 N–H and O–H groups in total. The molecule has 9 nitrogen and oxygen atoms in total. The van der Waals surface area contributed by atoms with Gasteiger partial charge in [0.2, 0.25) is 5.91 Å². The molecule has 0 fully saturated rings. The van der Waals surface area contributed by atoms with E-state index in [-0.39, 0.29) is 18.2 Å². The van der Waals surface area contributed by atoms with E-state index in [4.69, 9.17) is 15.2 Å². The second kappa shape index (κ2) is 17.2. The summed E-state index contributed by atoms with van der Waals surface area (Å²) < 4.78 is 11.2. The van der Waals surface area contributed by atoms with Gasteiger partial charge in [-0.2, -0.15) is 0 Å². The molecular weight excluding hydrogens is 494 g/mol. The van der Waals surface area contributed by atoms with Crippen LogP contribution in [0.1, 0.15) is 36.5 Å². The Morgan fingerprint density at radius 3 is 2.54 bits per heavy atom. The Kier molecular flexibility index (Phi) is 13.2. The number of hydrazine groups is 1. The predicted molar refractivity (Wildman–Crippen MR) is 155 cm³/mol. The first-order chi connectivity index (χ1) is 19.0. The number of para-hydroxylation sites is 1. The fourth-order valence-electron chi connectivity index (χ4n) is 4.06. The molecule has 0 saturated heterocycles. The summed E-state index contributed by atoms with van der Waals surface area (Å²) in [6, 6.07) is 16.6. The molecule has 2 amide bonds. The Hall–Kier alpha value is -3.50. The van der Waals surface area contributed by atoms with Crippen LogP contribution in [-0.2, 0) is 32.0 Å². The molecule has 0 unspecified atom stereocenters. The third-order valence-corrected chi connectivity index (χ3v) is 6.19. The van der Waals surface area contributed by atoms with Gasteiger partial charge in [0.1, 0.15) is 0 Å². The van der Waals surface area contributed by atoms with E-state index in [1.54, 1.807) is 6.08 Å². The van der Waals surface area contributed by atoms with Gasteiger partial charge in [-0.1, -0.05) is 49.4 Å². The Morgan fingerprint density at radius 2 is 1.77 bits per heavy atom. The summed E-state index contributed by atoms with van der Waals surface area (Å²) in [6.07, 6.45) is 7.52. The predicted octanol–water partition coefficient (Wildman–Crippen LogP) is 3.17. The normalized spacial score (nSPS) is 11.5. The van der Waals surface area contributed by atoms with Crippen molar-refractivity contribution in [1.82, 2.24) is 20.7 Å². The largest absolute Gasteiger partial charge is 0.379 e. The van der Waals surface area contributed by atoms with Gasteiger partial charge in [0.15, 0.2) is 0 Å². The van der Waals surface area contributed by atoms with Crippen LogP contribution in [0.3, 0.4) is 0 Å². The molecule has 0 saturated carbocycles. The lowest BCUT2D eigenvalue weighted by Gasteiger charge is -2.22. The molecule has 1 heterocycles. The average molecular weight is 536 g/mol. The van der Waals surface area contributed by atoms with Crippen LogP contribution in [-0.4, -0.2) is 67.8 Å². The van der Waals surface area contributed by atoms with E-state index in [0.29, 0.717) is 26.4 Å². The van der Waals surface area contributed by atoms with Crippen molar-refractivity contribution in [1.29, 1.82) is 0 Å². The zero-order chi connectivity index (χ0) is 27.7. The van der Waals surface area contributed by atoms with Crippen molar-refractivity contribution in [2.75, 3.05) is 46.1 Å². The highest BCUT2D eigenvalue weighted by molar-refractivity contribution is 5.91. The molecule has 39 heavy (non-hydrogen) atoms. The molecule has 0 spiro atoms. The fraction of sp³-hybridized carbons (Fsp3) is 0.400. The number of aromatic amines is 1. The molecule has 210 valence electrons. The van der Waals surface area contributed by atoms with Gasteiger partial charge in [0.05, 0.1) is 26.4 Å². The number of carbonyl (C=O) groups excluding carboxylic acids is 2. The molecule has 9 heteroatoms. The van der Waals surface area contributed by atoms with Crippen molar-refractivity contribution in [3.8, 4) is 0 Å². The number of rotatable bonds is 19. The van der Waals surface area contributed by atoms with E-state index < -0.39 is 0 Å². The Labute approximate surface area is 230 Å². The number of hydrogen-bond donors (Lipinski definition) is 4. The number of nitrogens with two attached hydrogens (primary N) is 1. The minimum absolute atomic E-state index is 0.172. The number of aromatic nitrogens is 1. The SMILES string of the molecule is CCCNNC(=O)/C=C/c1ccc(CN(CCOCCOCCC(N)=O)CCc2c[nH]c3ccccc23)cc1. The monoisotopic (exact) mass is 535 g/mol. The van der Waals surface area contributed by atoms with Crippen molar-refractivity contribution in [3.05, 3.63) is 77.5 Å². The average Bonchev–Trinajstić information content (AvgIpc) is 3.35. The lowest BCUT2D eigenvalue weighted by atomic mass is 10.1. The highest BCUT2D eigenvalue weighted by Gasteiger charge is 2.10. The number of carbonyl (C=O) groups is 2. The molecule has 1 aromatic heterocycles. The van der Waals surface area contributed by atoms with Crippen LogP contribution in [0, 0.1) is 0 Å². The summed E-state index contributed by atoms with van der Waals surface area (Å²) in [4.78, 5) is 28.4. The highest BCUT2D eigenvalue weighted by Crippen LogP contribution is 2.19. The maximum Gasteiger partial charge on any atom is 0.258 e. The number of amides is 2. The van der Waals surface area contributed by atoms with Crippen molar-refractivity contribution in [2.24, 2.45) is 5.73 Å². The molecule has 0 bridgehead atoms. The molecule has 0 aliphatic heterocycles. The van der Waals surface area contributed by atoms with E-state index in [9.17, 15) is 9.59 Å². The van der Waals surface area contributed by atoms with Gasteiger partial charge >= 0.3 is 0 Å². The van der Waals surface area contributed by atoms with E-state index >= 15 is 0 Å². The highest BCUT2D eigenvalue weighted by atomic mass is 16.5. The lowest BCUT2D eigenvalue weighted by Crippen LogP contribution is -2.36. The van der Waals surface area contributed by atoms with Crippen LogP contribution in [0.5, 0.6) is 0 Å². The second-order valence-corrected chi connectivity index (χ2v) is 9.32. The van der Waals surface area contributed by atoms with Crippen LogP contribution in [0.2, 0.25) is 0 Å². The van der Waals surface area contributed by atoms with Crippen LogP contribution >= 0.6 is 0 Å².